The number of nitrogens with zero attached hydrogens (tertiary/aromatic N) is 1. The number of fused-ring (bicyclic) bond motifs is 1. The maximum Gasteiger partial charge on any atom is 0.340 e. The van der Waals surface area contributed by atoms with E-state index >= 15 is 0 Å². The number of carbonyl (C=O) groups is 1. The molecule has 1 unspecified atom stereocenters. The molecule has 5 heteroatoms. The second-order valence-corrected chi connectivity index (χ2v) is 5.10. The van der Waals surface area contributed by atoms with Crippen LogP contribution in [0.25, 0.3) is 10.8 Å². The van der Waals surface area contributed by atoms with Gasteiger partial charge in [0.25, 0.3) is 0 Å². The minimum absolute atomic E-state index is 0.0190. The molecule has 0 radical (unpaired) electrons. The van der Waals surface area contributed by atoms with Gasteiger partial charge in [-0.1, -0.05) is 35.9 Å². The number of halogens is 1. The van der Waals surface area contributed by atoms with Crippen LogP contribution < -0.4 is 0 Å². The number of carbonyl (C=O) groups excluding carboxylic acids is 1. The van der Waals surface area contributed by atoms with Gasteiger partial charge in [-0.2, -0.15) is 0 Å². The summed E-state index contributed by atoms with van der Waals surface area (Å²) in [4.78, 5) is 16.2. The van der Waals surface area contributed by atoms with Crippen molar-refractivity contribution < 1.29 is 14.3 Å². The summed E-state index contributed by atoms with van der Waals surface area (Å²) in [5.74, 6) is -0.388. The van der Waals surface area contributed by atoms with Crippen LogP contribution in [0.5, 0.6) is 0 Å². The topological polar surface area (TPSA) is 48.4 Å². The fourth-order valence-corrected chi connectivity index (χ4v) is 2.56. The van der Waals surface area contributed by atoms with E-state index in [0.29, 0.717) is 10.7 Å². The molecule has 4 nitrogen and oxygen atoms in total. The van der Waals surface area contributed by atoms with Crippen LogP contribution in [0, 0.1) is 0 Å². The van der Waals surface area contributed by atoms with Gasteiger partial charge in [0, 0.05) is 23.6 Å². The third kappa shape index (κ3) is 2.62. The third-order valence-corrected chi connectivity index (χ3v) is 3.69. The van der Waals surface area contributed by atoms with Gasteiger partial charge in [-0.15, -0.1) is 0 Å². The second-order valence-electron chi connectivity index (χ2n) is 4.74. The highest BCUT2D eigenvalue weighted by Crippen LogP contribution is 2.25. The minimum atomic E-state index is -0.388. The van der Waals surface area contributed by atoms with Crippen molar-refractivity contribution in [3.8, 4) is 0 Å². The molecule has 1 atom stereocenters. The van der Waals surface area contributed by atoms with Gasteiger partial charge in [0.15, 0.2) is 0 Å². The average molecular weight is 292 g/mol. The maximum atomic E-state index is 12.2. The molecule has 0 spiro atoms. The number of benzene rings is 1. The predicted molar refractivity (Wildman–Crippen MR) is 76.0 cm³/mol. The van der Waals surface area contributed by atoms with E-state index in [1.54, 1.807) is 0 Å². The number of esters is 1. The summed E-state index contributed by atoms with van der Waals surface area (Å²) in [5, 5.41) is 1.89. The molecule has 1 aromatic carbocycles. The Morgan fingerprint density at radius 1 is 1.40 bits per heavy atom. The Balaban J connectivity index is 1.82. The van der Waals surface area contributed by atoms with Crippen LogP contribution in [0.3, 0.4) is 0 Å². The summed E-state index contributed by atoms with van der Waals surface area (Å²) in [7, 11) is 0. The Kier molecular flexibility index (Phi) is 3.85. The van der Waals surface area contributed by atoms with E-state index in [1.807, 2.05) is 24.3 Å². The van der Waals surface area contributed by atoms with Crippen molar-refractivity contribution >= 4 is 28.3 Å². The molecule has 3 rings (SSSR count). The molecule has 0 aliphatic carbocycles. The average Bonchev–Trinajstić information content (AvgIpc) is 2.99. The summed E-state index contributed by atoms with van der Waals surface area (Å²) >= 11 is 6.03. The van der Waals surface area contributed by atoms with Crippen LogP contribution >= 0.6 is 11.6 Å². The lowest BCUT2D eigenvalue weighted by molar-refractivity contribution is 0.0162. The highest BCUT2D eigenvalue weighted by atomic mass is 35.5. The summed E-state index contributed by atoms with van der Waals surface area (Å²) in [6, 6.07) is 7.39. The zero-order valence-corrected chi connectivity index (χ0v) is 11.6. The fraction of sp³-hybridized carbons (Fsp3) is 0.333. The van der Waals surface area contributed by atoms with Crippen LogP contribution in [0.4, 0.5) is 0 Å². The molecule has 0 bridgehead atoms. The van der Waals surface area contributed by atoms with Crippen molar-refractivity contribution in [3.63, 3.8) is 0 Å². The third-order valence-electron chi connectivity index (χ3n) is 3.39. The van der Waals surface area contributed by atoms with Gasteiger partial charge in [0.1, 0.15) is 11.8 Å². The minimum Gasteiger partial charge on any atom is -0.459 e. The molecule has 1 aliphatic heterocycles. The Bertz CT molecular complexity index is 638. The Morgan fingerprint density at radius 2 is 2.20 bits per heavy atom. The van der Waals surface area contributed by atoms with Gasteiger partial charge in [-0.05, 0) is 12.8 Å². The zero-order chi connectivity index (χ0) is 13.9. The predicted octanol–water partition coefficient (Wildman–Crippen LogP) is 3.22. The first kappa shape index (κ1) is 13.3. The van der Waals surface area contributed by atoms with Crippen molar-refractivity contribution in [2.45, 2.75) is 18.9 Å². The van der Waals surface area contributed by atoms with Crippen LogP contribution in [0.2, 0.25) is 5.15 Å². The van der Waals surface area contributed by atoms with Crippen LogP contribution in [0.1, 0.15) is 23.2 Å². The van der Waals surface area contributed by atoms with Gasteiger partial charge in [-0.25, -0.2) is 9.78 Å². The molecule has 1 aromatic heterocycles. The van der Waals surface area contributed by atoms with Gasteiger partial charge < -0.3 is 9.47 Å². The summed E-state index contributed by atoms with van der Waals surface area (Å²) in [6.45, 7) is 1.03. The lowest BCUT2D eigenvalue weighted by Crippen LogP contribution is -2.18. The molecular weight excluding hydrogens is 278 g/mol. The van der Waals surface area contributed by atoms with E-state index in [1.165, 1.54) is 6.20 Å². The van der Waals surface area contributed by atoms with Crippen molar-refractivity contribution in [2.24, 2.45) is 0 Å². The first-order chi connectivity index (χ1) is 9.75. The van der Waals surface area contributed by atoms with Crippen molar-refractivity contribution in [2.75, 3.05) is 13.2 Å². The van der Waals surface area contributed by atoms with Gasteiger partial charge >= 0.3 is 5.97 Å². The number of ether oxygens (including phenoxy) is 2. The van der Waals surface area contributed by atoms with Gasteiger partial charge in [-0.3, -0.25) is 0 Å². The molecule has 0 amide bonds. The second kappa shape index (κ2) is 5.77. The van der Waals surface area contributed by atoms with E-state index in [0.717, 1.165) is 30.2 Å². The van der Waals surface area contributed by atoms with E-state index in [4.69, 9.17) is 21.1 Å². The molecule has 1 fully saturated rings. The smallest absolute Gasteiger partial charge is 0.340 e. The van der Waals surface area contributed by atoms with E-state index < -0.39 is 0 Å². The van der Waals surface area contributed by atoms with Crippen LogP contribution in [-0.2, 0) is 9.47 Å². The van der Waals surface area contributed by atoms with Crippen molar-refractivity contribution in [3.05, 3.63) is 41.2 Å². The monoisotopic (exact) mass is 291 g/mol. The molecule has 1 aliphatic rings. The normalized spacial score (nSPS) is 18.4. The molecule has 0 N–H and O–H groups in total. The number of hydrogen-bond donors (Lipinski definition) is 0. The molecule has 1 saturated heterocycles. The van der Waals surface area contributed by atoms with Crippen molar-refractivity contribution in [1.29, 1.82) is 0 Å². The molecule has 0 saturated carbocycles. The highest BCUT2D eigenvalue weighted by molar-refractivity contribution is 6.34. The molecular formula is C15H14ClNO3. The van der Waals surface area contributed by atoms with E-state index in [9.17, 15) is 4.79 Å². The summed E-state index contributed by atoms with van der Waals surface area (Å²) < 4.78 is 10.7. The fourth-order valence-electron chi connectivity index (χ4n) is 2.34. The molecule has 104 valence electrons. The number of aromatic nitrogens is 1. The Morgan fingerprint density at radius 3 is 2.95 bits per heavy atom. The largest absolute Gasteiger partial charge is 0.459 e. The summed E-state index contributed by atoms with van der Waals surface area (Å²) in [5.41, 5.74) is 0.433. The number of pyridine rings is 1. The lowest BCUT2D eigenvalue weighted by atomic mass is 10.1. The quantitative estimate of drug-likeness (QED) is 0.643. The Hall–Kier alpha value is -1.65. The standard InChI is InChI=1S/C15H14ClNO3/c16-14-12-6-2-1-5-11(12)13(8-17-14)15(18)20-9-10-4-3-7-19-10/h1-2,5-6,8,10H,3-4,7,9H2. The molecule has 2 aromatic rings. The Labute approximate surface area is 121 Å². The number of hydrogen-bond acceptors (Lipinski definition) is 4. The van der Waals surface area contributed by atoms with Gasteiger partial charge in [0.05, 0.1) is 11.7 Å². The maximum absolute atomic E-state index is 12.2. The van der Waals surface area contributed by atoms with E-state index in [-0.39, 0.29) is 18.7 Å². The first-order valence-corrected chi connectivity index (χ1v) is 6.95. The first-order valence-electron chi connectivity index (χ1n) is 6.57. The van der Waals surface area contributed by atoms with E-state index in [2.05, 4.69) is 4.98 Å². The zero-order valence-electron chi connectivity index (χ0n) is 10.8. The van der Waals surface area contributed by atoms with Crippen molar-refractivity contribution in [1.82, 2.24) is 4.98 Å². The summed E-state index contributed by atoms with van der Waals surface area (Å²) in [6.07, 6.45) is 3.44. The SMILES string of the molecule is O=C(OCC1CCCO1)c1cnc(Cl)c2ccccc12. The van der Waals surface area contributed by atoms with Crippen LogP contribution in [-0.4, -0.2) is 30.3 Å². The van der Waals surface area contributed by atoms with Crippen LogP contribution in [0.15, 0.2) is 30.5 Å². The lowest BCUT2D eigenvalue weighted by Gasteiger charge is -2.11. The van der Waals surface area contributed by atoms with Gasteiger partial charge in [0.2, 0.25) is 0 Å². The number of rotatable bonds is 3. The molecule has 2 heterocycles. The highest BCUT2D eigenvalue weighted by Gasteiger charge is 2.19. The molecule has 20 heavy (non-hydrogen) atoms.